The zero-order chi connectivity index (χ0) is 17.3. The van der Waals surface area contributed by atoms with Gasteiger partial charge in [0.05, 0.1) is 4.90 Å². The first-order chi connectivity index (χ1) is 10.6. The number of hydrogen-bond donors (Lipinski definition) is 1. The molecule has 0 unspecified atom stereocenters. The van der Waals surface area contributed by atoms with Gasteiger partial charge < -0.3 is 4.90 Å². The van der Waals surface area contributed by atoms with Gasteiger partial charge in [0, 0.05) is 16.8 Å². The summed E-state index contributed by atoms with van der Waals surface area (Å²) >= 11 is 0. The van der Waals surface area contributed by atoms with E-state index in [0.29, 0.717) is 11.3 Å². The number of rotatable bonds is 3. The van der Waals surface area contributed by atoms with Crippen LogP contribution in [0.5, 0.6) is 0 Å². The Bertz CT molecular complexity index is 809. The van der Waals surface area contributed by atoms with Crippen LogP contribution in [-0.4, -0.2) is 19.9 Å². The van der Waals surface area contributed by atoms with Crippen molar-refractivity contribution in [2.75, 3.05) is 4.90 Å². The van der Waals surface area contributed by atoms with Crippen LogP contribution in [-0.2, 0) is 10.0 Å². The van der Waals surface area contributed by atoms with Gasteiger partial charge in [-0.15, -0.1) is 0 Å². The monoisotopic (exact) mass is 332 g/mol. The van der Waals surface area contributed by atoms with Gasteiger partial charge in [-0.25, -0.2) is 13.6 Å². The van der Waals surface area contributed by atoms with Crippen LogP contribution in [0.4, 0.5) is 5.69 Å². The van der Waals surface area contributed by atoms with Crippen LogP contribution >= 0.6 is 0 Å². The minimum absolute atomic E-state index is 0.0230. The zero-order valence-corrected chi connectivity index (χ0v) is 14.2. The molecule has 0 aliphatic heterocycles. The molecular formula is C17H20N2O3S. The number of carbonyl (C=O) groups excluding carboxylic acids is 1. The highest BCUT2D eigenvalue weighted by molar-refractivity contribution is 7.89. The first-order valence-corrected chi connectivity index (χ1v) is 8.68. The first-order valence-electron chi connectivity index (χ1n) is 7.13. The van der Waals surface area contributed by atoms with Gasteiger partial charge in [-0.2, -0.15) is 0 Å². The van der Waals surface area contributed by atoms with Gasteiger partial charge in [0.25, 0.3) is 5.91 Å². The molecule has 2 rings (SSSR count). The molecule has 5 nitrogen and oxygen atoms in total. The van der Waals surface area contributed by atoms with Gasteiger partial charge in [-0.05, 0) is 51.1 Å². The Labute approximate surface area is 136 Å². The molecule has 0 fully saturated rings. The van der Waals surface area contributed by atoms with E-state index in [-0.39, 0.29) is 10.8 Å². The number of amides is 1. The molecule has 0 radical (unpaired) electrons. The van der Waals surface area contributed by atoms with Crippen molar-refractivity contribution in [2.45, 2.75) is 31.2 Å². The molecule has 0 aliphatic rings. The summed E-state index contributed by atoms with van der Waals surface area (Å²) in [4.78, 5) is 14.4. The highest BCUT2D eigenvalue weighted by Gasteiger charge is 2.29. The zero-order valence-electron chi connectivity index (χ0n) is 13.4. The number of nitrogens with two attached hydrogens (primary N) is 1. The number of benzene rings is 2. The van der Waals surface area contributed by atoms with E-state index in [4.69, 9.17) is 5.14 Å². The maximum Gasteiger partial charge on any atom is 0.258 e. The summed E-state index contributed by atoms with van der Waals surface area (Å²) in [6.45, 7) is 5.66. The van der Waals surface area contributed by atoms with E-state index in [1.165, 1.54) is 12.1 Å². The van der Waals surface area contributed by atoms with E-state index in [9.17, 15) is 13.2 Å². The van der Waals surface area contributed by atoms with Crippen molar-refractivity contribution in [3.8, 4) is 0 Å². The maximum absolute atomic E-state index is 12.9. The summed E-state index contributed by atoms with van der Waals surface area (Å²) in [5, 5.41) is 5.19. The lowest BCUT2D eigenvalue weighted by Crippen LogP contribution is -2.46. The van der Waals surface area contributed by atoms with Crippen LogP contribution in [0.3, 0.4) is 0 Å². The average Bonchev–Trinajstić information content (AvgIpc) is 2.46. The Balaban J connectivity index is 2.55. The van der Waals surface area contributed by atoms with Crippen LogP contribution < -0.4 is 10.0 Å². The van der Waals surface area contributed by atoms with Gasteiger partial charge in [0.1, 0.15) is 0 Å². The molecule has 122 valence electrons. The van der Waals surface area contributed by atoms with E-state index in [1.54, 1.807) is 41.3 Å². The van der Waals surface area contributed by atoms with Crippen molar-refractivity contribution in [1.82, 2.24) is 0 Å². The number of sulfonamides is 1. The lowest BCUT2D eigenvalue weighted by atomic mass is 10.0. The fourth-order valence-corrected chi connectivity index (χ4v) is 2.87. The summed E-state index contributed by atoms with van der Waals surface area (Å²) in [7, 11) is -3.83. The topological polar surface area (TPSA) is 80.5 Å². The van der Waals surface area contributed by atoms with E-state index in [2.05, 4.69) is 0 Å². The Kier molecular flexibility index (Phi) is 4.58. The third-order valence-electron chi connectivity index (χ3n) is 3.30. The summed E-state index contributed by atoms with van der Waals surface area (Å²) in [5.41, 5.74) is 0.477. The highest BCUT2D eigenvalue weighted by atomic mass is 32.2. The fourth-order valence-electron chi connectivity index (χ4n) is 2.32. The van der Waals surface area contributed by atoms with E-state index in [1.807, 2.05) is 26.8 Å². The minimum atomic E-state index is -3.83. The Hall–Kier alpha value is -2.18. The molecular weight excluding hydrogens is 312 g/mol. The standard InChI is InChI=1S/C17H20N2O3S/c1-17(2,3)19(16(20)13-8-5-4-6-9-13)14-10-7-11-15(12-14)23(18,21)22/h4-12H,1-3H3,(H2,18,21,22). The van der Waals surface area contributed by atoms with Crippen LogP contribution in [0.2, 0.25) is 0 Å². The fraction of sp³-hybridized carbons (Fsp3) is 0.235. The Morgan fingerprint density at radius 1 is 1.00 bits per heavy atom. The highest BCUT2D eigenvalue weighted by Crippen LogP contribution is 2.28. The lowest BCUT2D eigenvalue weighted by molar-refractivity contribution is 0.0966. The second kappa shape index (κ2) is 6.14. The number of anilines is 1. The Morgan fingerprint density at radius 3 is 2.13 bits per heavy atom. The SMILES string of the molecule is CC(C)(C)N(C(=O)c1ccccc1)c1cccc(S(N)(=O)=O)c1. The molecule has 2 aromatic carbocycles. The average molecular weight is 332 g/mol. The molecule has 0 saturated heterocycles. The quantitative estimate of drug-likeness (QED) is 0.938. The van der Waals surface area contributed by atoms with Crippen LogP contribution in [0.25, 0.3) is 0 Å². The van der Waals surface area contributed by atoms with Crippen LogP contribution in [0.15, 0.2) is 59.5 Å². The summed E-state index contributed by atoms with van der Waals surface area (Å²) < 4.78 is 23.1. The van der Waals surface area contributed by atoms with Gasteiger partial charge >= 0.3 is 0 Å². The van der Waals surface area contributed by atoms with Crippen LogP contribution in [0.1, 0.15) is 31.1 Å². The van der Waals surface area contributed by atoms with Gasteiger partial charge in [-0.3, -0.25) is 4.79 Å². The third kappa shape index (κ3) is 3.97. The van der Waals surface area contributed by atoms with Gasteiger partial charge in [0.15, 0.2) is 0 Å². The molecule has 23 heavy (non-hydrogen) atoms. The molecule has 0 aliphatic carbocycles. The predicted octanol–water partition coefficient (Wildman–Crippen LogP) is 2.78. The molecule has 0 saturated carbocycles. The van der Waals surface area contributed by atoms with E-state index >= 15 is 0 Å². The second-order valence-electron chi connectivity index (χ2n) is 6.22. The van der Waals surface area contributed by atoms with Crippen molar-refractivity contribution >= 4 is 21.6 Å². The van der Waals surface area contributed by atoms with Gasteiger partial charge in [-0.1, -0.05) is 24.3 Å². The Morgan fingerprint density at radius 2 is 1.61 bits per heavy atom. The molecule has 6 heteroatoms. The van der Waals surface area contributed by atoms with Crippen molar-refractivity contribution in [2.24, 2.45) is 5.14 Å². The number of nitrogens with zero attached hydrogens (tertiary/aromatic N) is 1. The lowest BCUT2D eigenvalue weighted by Gasteiger charge is -2.36. The molecule has 0 heterocycles. The molecule has 0 bridgehead atoms. The summed E-state index contributed by atoms with van der Waals surface area (Å²) in [6, 6.07) is 15.0. The predicted molar refractivity (Wildman–Crippen MR) is 90.8 cm³/mol. The first kappa shape index (κ1) is 17.2. The molecule has 0 atom stereocenters. The summed E-state index contributed by atoms with van der Waals surface area (Å²) in [5.74, 6) is -0.204. The van der Waals surface area contributed by atoms with Gasteiger partial charge in [0.2, 0.25) is 10.0 Å². The smallest absolute Gasteiger partial charge is 0.258 e. The molecule has 2 aromatic rings. The van der Waals surface area contributed by atoms with Crippen molar-refractivity contribution < 1.29 is 13.2 Å². The second-order valence-corrected chi connectivity index (χ2v) is 7.78. The van der Waals surface area contributed by atoms with Crippen molar-refractivity contribution in [3.63, 3.8) is 0 Å². The number of hydrogen-bond acceptors (Lipinski definition) is 3. The third-order valence-corrected chi connectivity index (χ3v) is 4.21. The molecule has 0 aromatic heterocycles. The van der Waals surface area contributed by atoms with E-state index in [0.717, 1.165) is 0 Å². The molecule has 0 spiro atoms. The van der Waals surface area contributed by atoms with Crippen LogP contribution in [0, 0.1) is 0 Å². The number of primary sulfonamides is 1. The normalized spacial score (nSPS) is 12.0. The van der Waals surface area contributed by atoms with Crippen molar-refractivity contribution in [1.29, 1.82) is 0 Å². The number of carbonyl (C=O) groups is 1. The summed E-state index contributed by atoms with van der Waals surface area (Å²) in [6.07, 6.45) is 0. The largest absolute Gasteiger partial charge is 0.303 e. The minimum Gasteiger partial charge on any atom is -0.303 e. The molecule has 2 N–H and O–H groups in total. The van der Waals surface area contributed by atoms with Crippen molar-refractivity contribution in [3.05, 3.63) is 60.2 Å². The maximum atomic E-state index is 12.9. The molecule has 1 amide bonds. The van der Waals surface area contributed by atoms with E-state index < -0.39 is 15.6 Å².